The van der Waals surface area contributed by atoms with Gasteiger partial charge in [-0.05, 0) is 54.7 Å². The van der Waals surface area contributed by atoms with Gasteiger partial charge in [-0.2, -0.15) is 0 Å². The minimum Gasteiger partial charge on any atom is -0.358 e. The van der Waals surface area contributed by atoms with Gasteiger partial charge in [0.25, 0.3) is 0 Å². The molecule has 4 rings (SSSR count). The van der Waals surface area contributed by atoms with Crippen molar-refractivity contribution in [1.82, 2.24) is 0 Å². The average Bonchev–Trinajstić information content (AvgIpc) is 2.94. The summed E-state index contributed by atoms with van der Waals surface area (Å²) in [5, 5.41) is 0. The molecule has 0 unspecified atom stereocenters. The van der Waals surface area contributed by atoms with Crippen LogP contribution in [0.1, 0.15) is 30.5 Å². The van der Waals surface area contributed by atoms with E-state index in [1.807, 2.05) is 0 Å². The largest absolute Gasteiger partial charge is 0.358 e. The zero-order valence-corrected chi connectivity index (χ0v) is 15.7. The zero-order valence-electron chi connectivity index (χ0n) is 15.7. The molecule has 3 aromatic rings. The standard InChI is InChI=1S/C25H25N/c1-19-12-10-11-17-23(19)26-18-22(20-13-6-4-7-14-20)24(25(26,2)3)21-15-8-5-9-16-21/h4-17H,18H2,1-3H3. The molecule has 26 heavy (non-hydrogen) atoms. The third-order valence-corrected chi connectivity index (χ3v) is 5.50. The van der Waals surface area contributed by atoms with Gasteiger partial charge < -0.3 is 4.90 Å². The smallest absolute Gasteiger partial charge is 0.0610 e. The number of anilines is 1. The Hall–Kier alpha value is -2.80. The van der Waals surface area contributed by atoms with Crippen LogP contribution in [-0.2, 0) is 0 Å². The number of benzene rings is 3. The topological polar surface area (TPSA) is 3.24 Å². The maximum absolute atomic E-state index is 2.55. The fourth-order valence-electron chi connectivity index (χ4n) is 4.20. The van der Waals surface area contributed by atoms with E-state index in [0.717, 1.165) is 6.54 Å². The lowest BCUT2D eigenvalue weighted by Crippen LogP contribution is -2.41. The first-order valence-corrected chi connectivity index (χ1v) is 9.27. The molecular formula is C25H25N. The van der Waals surface area contributed by atoms with Gasteiger partial charge in [0.05, 0.1) is 5.54 Å². The number of nitrogens with zero attached hydrogens (tertiary/aromatic N) is 1. The highest BCUT2D eigenvalue weighted by molar-refractivity contribution is 6.01. The number of para-hydroxylation sites is 1. The Balaban J connectivity index is 1.91. The molecule has 0 amide bonds. The van der Waals surface area contributed by atoms with Crippen LogP contribution in [-0.4, -0.2) is 12.1 Å². The summed E-state index contributed by atoms with van der Waals surface area (Å²) in [5.74, 6) is 0. The second-order valence-electron chi connectivity index (χ2n) is 7.52. The van der Waals surface area contributed by atoms with Crippen LogP contribution in [0.2, 0.25) is 0 Å². The van der Waals surface area contributed by atoms with Crippen molar-refractivity contribution in [2.75, 3.05) is 11.4 Å². The molecular weight excluding hydrogens is 314 g/mol. The highest BCUT2D eigenvalue weighted by Gasteiger charge is 2.40. The number of hydrogen-bond donors (Lipinski definition) is 0. The normalized spacial score (nSPS) is 16.2. The first kappa shape index (κ1) is 16.7. The van der Waals surface area contributed by atoms with E-state index in [4.69, 9.17) is 0 Å². The summed E-state index contributed by atoms with van der Waals surface area (Å²) in [6, 6.07) is 30.4. The number of rotatable bonds is 3. The van der Waals surface area contributed by atoms with E-state index in [9.17, 15) is 0 Å². The fraction of sp³-hybridized carbons (Fsp3) is 0.200. The van der Waals surface area contributed by atoms with Crippen LogP contribution in [0.5, 0.6) is 0 Å². The minimum atomic E-state index is -0.0847. The van der Waals surface area contributed by atoms with Crippen LogP contribution in [0, 0.1) is 6.92 Å². The second kappa shape index (κ2) is 6.49. The van der Waals surface area contributed by atoms with Crippen molar-refractivity contribution < 1.29 is 0 Å². The monoisotopic (exact) mass is 339 g/mol. The Morgan fingerprint density at radius 2 is 1.23 bits per heavy atom. The quantitative estimate of drug-likeness (QED) is 0.549. The first-order valence-electron chi connectivity index (χ1n) is 9.27. The summed E-state index contributed by atoms with van der Waals surface area (Å²) < 4.78 is 0. The zero-order chi connectivity index (χ0) is 18.1. The van der Waals surface area contributed by atoms with Gasteiger partial charge >= 0.3 is 0 Å². The van der Waals surface area contributed by atoms with Gasteiger partial charge in [-0.3, -0.25) is 0 Å². The van der Waals surface area contributed by atoms with Crippen molar-refractivity contribution in [2.24, 2.45) is 0 Å². The fourth-order valence-corrected chi connectivity index (χ4v) is 4.20. The second-order valence-corrected chi connectivity index (χ2v) is 7.52. The van der Waals surface area contributed by atoms with E-state index >= 15 is 0 Å². The Bertz CT molecular complexity index is 936. The molecule has 0 bridgehead atoms. The summed E-state index contributed by atoms with van der Waals surface area (Å²) in [7, 11) is 0. The summed E-state index contributed by atoms with van der Waals surface area (Å²) in [5.41, 5.74) is 8.03. The van der Waals surface area contributed by atoms with Gasteiger partial charge in [-0.15, -0.1) is 0 Å². The van der Waals surface area contributed by atoms with Crippen LogP contribution < -0.4 is 4.90 Å². The molecule has 0 fully saturated rings. The molecule has 130 valence electrons. The van der Waals surface area contributed by atoms with Gasteiger partial charge in [0, 0.05) is 12.2 Å². The molecule has 0 aliphatic carbocycles. The van der Waals surface area contributed by atoms with E-state index in [-0.39, 0.29) is 5.54 Å². The van der Waals surface area contributed by atoms with Crippen molar-refractivity contribution in [2.45, 2.75) is 26.3 Å². The molecule has 1 aliphatic heterocycles. The minimum absolute atomic E-state index is 0.0847. The molecule has 1 nitrogen and oxygen atoms in total. The first-order chi connectivity index (χ1) is 12.6. The van der Waals surface area contributed by atoms with E-state index in [2.05, 4.69) is 111 Å². The van der Waals surface area contributed by atoms with E-state index in [0.29, 0.717) is 0 Å². The molecule has 1 heteroatoms. The van der Waals surface area contributed by atoms with E-state index in [1.54, 1.807) is 0 Å². The van der Waals surface area contributed by atoms with Crippen LogP contribution in [0.3, 0.4) is 0 Å². The molecule has 0 aromatic heterocycles. The maximum Gasteiger partial charge on any atom is 0.0610 e. The van der Waals surface area contributed by atoms with Gasteiger partial charge in [0.1, 0.15) is 0 Å². The third-order valence-electron chi connectivity index (χ3n) is 5.50. The van der Waals surface area contributed by atoms with Crippen LogP contribution in [0.4, 0.5) is 5.69 Å². The average molecular weight is 339 g/mol. The van der Waals surface area contributed by atoms with Gasteiger partial charge in [-0.1, -0.05) is 78.9 Å². The molecule has 0 radical (unpaired) electrons. The molecule has 0 saturated carbocycles. The summed E-state index contributed by atoms with van der Waals surface area (Å²) in [4.78, 5) is 2.55. The van der Waals surface area contributed by atoms with Crippen LogP contribution >= 0.6 is 0 Å². The lowest BCUT2D eigenvalue weighted by Gasteiger charge is -2.37. The highest BCUT2D eigenvalue weighted by atomic mass is 15.2. The predicted octanol–water partition coefficient (Wildman–Crippen LogP) is 6.20. The SMILES string of the molecule is Cc1ccccc1N1CC(c2ccccc2)=C(c2ccccc2)C1(C)C. The van der Waals surface area contributed by atoms with E-state index in [1.165, 1.54) is 33.5 Å². The van der Waals surface area contributed by atoms with Gasteiger partial charge in [0.15, 0.2) is 0 Å². The van der Waals surface area contributed by atoms with Gasteiger partial charge in [-0.25, -0.2) is 0 Å². The molecule has 1 aliphatic rings. The third kappa shape index (κ3) is 2.74. The maximum atomic E-state index is 2.55. The van der Waals surface area contributed by atoms with Crippen molar-refractivity contribution >= 4 is 16.8 Å². The van der Waals surface area contributed by atoms with Crippen molar-refractivity contribution in [3.05, 3.63) is 102 Å². The van der Waals surface area contributed by atoms with E-state index < -0.39 is 0 Å². The van der Waals surface area contributed by atoms with Crippen LogP contribution in [0.15, 0.2) is 84.9 Å². The Morgan fingerprint density at radius 1 is 0.692 bits per heavy atom. The molecule has 1 heterocycles. The summed E-state index contributed by atoms with van der Waals surface area (Å²) in [6.07, 6.45) is 0. The lowest BCUT2D eigenvalue weighted by atomic mass is 9.85. The lowest BCUT2D eigenvalue weighted by molar-refractivity contribution is 0.626. The molecule has 0 N–H and O–H groups in total. The Labute approximate surface area is 156 Å². The Kier molecular flexibility index (Phi) is 4.16. The molecule has 0 spiro atoms. The van der Waals surface area contributed by atoms with Crippen molar-refractivity contribution in [1.29, 1.82) is 0 Å². The van der Waals surface area contributed by atoms with Crippen LogP contribution in [0.25, 0.3) is 11.1 Å². The van der Waals surface area contributed by atoms with Gasteiger partial charge in [0.2, 0.25) is 0 Å². The Morgan fingerprint density at radius 3 is 1.85 bits per heavy atom. The predicted molar refractivity (Wildman–Crippen MR) is 112 cm³/mol. The molecule has 0 saturated heterocycles. The highest BCUT2D eigenvalue weighted by Crippen LogP contribution is 2.47. The molecule has 0 atom stereocenters. The summed E-state index contributed by atoms with van der Waals surface area (Å²) in [6.45, 7) is 7.82. The number of aryl methyl sites for hydroxylation is 1. The molecule has 3 aromatic carbocycles. The van der Waals surface area contributed by atoms with Crippen molar-refractivity contribution in [3.8, 4) is 0 Å². The summed E-state index contributed by atoms with van der Waals surface area (Å²) >= 11 is 0. The number of hydrogen-bond acceptors (Lipinski definition) is 1. The van der Waals surface area contributed by atoms with Crippen molar-refractivity contribution in [3.63, 3.8) is 0 Å².